The number of fused-ring (bicyclic) bond motifs is 7. The Morgan fingerprint density at radius 3 is 2.24 bits per heavy atom. The first kappa shape index (κ1) is 30.6. The van der Waals surface area contributed by atoms with Crippen molar-refractivity contribution in [2.24, 2.45) is 62.6 Å². The van der Waals surface area contributed by atoms with E-state index in [-0.39, 0.29) is 25.1 Å². The van der Waals surface area contributed by atoms with E-state index in [4.69, 9.17) is 4.52 Å². The van der Waals surface area contributed by atoms with Crippen LogP contribution in [0.15, 0.2) is 24.3 Å². The first-order valence-corrected chi connectivity index (χ1v) is 17.9. The molecule has 11 atom stereocenters. The number of hydrogen-bond acceptors (Lipinski definition) is 3. The van der Waals surface area contributed by atoms with Gasteiger partial charge in [0.2, 0.25) is 0 Å². The van der Waals surface area contributed by atoms with E-state index in [1.54, 1.807) is 0 Å². The van der Waals surface area contributed by atoms with Gasteiger partial charge in [-0.1, -0.05) is 72.7 Å². The fraction of sp³-hybridized carbons (Fsp3) is 0.784. The molecule has 5 fully saturated rings. The van der Waals surface area contributed by atoms with E-state index in [1.165, 1.54) is 44.1 Å². The molecule has 0 bridgehead atoms. The summed E-state index contributed by atoms with van der Waals surface area (Å²) in [6.45, 7) is 18.3. The Kier molecular flexibility index (Phi) is 7.52. The third kappa shape index (κ3) is 4.08. The maximum Gasteiger partial charge on any atom is 0.309 e. The van der Waals surface area contributed by atoms with Crippen molar-refractivity contribution in [3.63, 3.8) is 0 Å². The van der Waals surface area contributed by atoms with Crippen molar-refractivity contribution in [3.05, 3.63) is 29.8 Å². The largest absolute Gasteiger partial charge is 0.481 e. The summed E-state index contributed by atoms with van der Waals surface area (Å²) in [4.78, 5) is 23.6. The fourth-order valence-corrected chi connectivity index (χ4v) is 13.7. The van der Waals surface area contributed by atoms with Crippen LogP contribution in [0.2, 0.25) is 0 Å². The molecule has 5 aliphatic rings. The van der Waals surface area contributed by atoms with Gasteiger partial charge in [-0.2, -0.15) is 0 Å². The zero-order valence-electron chi connectivity index (χ0n) is 27.2. The molecular formula is C37H55O4P. The van der Waals surface area contributed by atoms with Gasteiger partial charge < -0.3 is 9.63 Å². The van der Waals surface area contributed by atoms with Gasteiger partial charge in [-0.3, -0.25) is 9.59 Å². The van der Waals surface area contributed by atoms with Crippen molar-refractivity contribution < 1.29 is 19.2 Å². The SMILES string of the molecule is CC(C)[C@@H]1CC[C@]2(C(=O)O)CC[C@]3(C)[C@H](CC[C@@H]4[C@@]5(C)CC[C@H](c6ccc(POC=O)cc6)C(C)(C)[C@@H]5CC[C@]43C)[C@@H]12. The number of carbonyl (C=O) groups is 2. The first-order chi connectivity index (χ1) is 19.8. The van der Waals surface area contributed by atoms with Crippen LogP contribution in [0.3, 0.4) is 0 Å². The second-order valence-corrected chi connectivity index (χ2v) is 18.0. The average Bonchev–Trinajstić information content (AvgIpc) is 3.34. The molecule has 0 heterocycles. The van der Waals surface area contributed by atoms with Crippen molar-refractivity contribution in [2.45, 2.75) is 119 Å². The summed E-state index contributed by atoms with van der Waals surface area (Å²) in [5.41, 5.74) is 1.94. The standard InChI is InChI=1S/C37H55O4P/c1-23(2)26-14-19-37(32(39)40)21-20-35(6)28(31(26)37)12-13-30-34(5)17-15-27(24-8-10-25(11-9-24)42-41-22-38)33(3,4)29(34)16-18-36(30,35)7/h8-11,22-23,26-31,42H,12-21H2,1-7H3,(H,39,40)/t26-,27+,28+,29-,30+,31+,34-,35+,36+,37-/m0/s1. The summed E-state index contributed by atoms with van der Waals surface area (Å²) in [6.07, 6.45) is 11.5. The van der Waals surface area contributed by atoms with E-state index in [2.05, 4.69) is 72.7 Å². The number of carboxylic acids is 1. The summed E-state index contributed by atoms with van der Waals surface area (Å²) < 4.78 is 5.01. The number of carboxylic acid groups (broad SMARTS) is 1. The van der Waals surface area contributed by atoms with Gasteiger partial charge in [-0.05, 0) is 133 Å². The zero-order valence-corrected chi connectivity index (χ0v) is 28.2. The van der Waals surface area contributed by atoms with Crippen LogP contribution >= 0.6 is 8.81 Å². The number of rotatable bonds is 6. The Hall–Kier alpha value is -1.41. The maximum atomic E-state index is 13.0. The Labute approximate surface area is 256 Å². The van der Waals surface area contributed by atoms with Crippen LogP contribution < -0.4 is 5.30 Å². The summed E-state index contributed by atoms with van der Waals surface area (Å²) in [5.74, 6) is 3.39. The van der Waals surface area contributed by atoms with Crippen LogP contribution in [0.5, 0.6) is 0 Å². The van der Waals surface area contributed by atoms with Gasteiger partial charge in [-0.25, -0.2) is 0 Å². The van der Waals surface area contributed by atoms with Crippen molar-refractivity contribution in [2.75, 3.05) is 0 Å². The Morgan fingerprint density at radius 1 is 0.881 bits per heavy atom. The van der Waals surface area contributed by atoms with Gasteiger partial charge >= 0.3 is 5.97 Å². The van der Waals surface area contributed by atoms with Crippen LogP contribution in [-0.4, -0.2) is 17.5 Å². The summed E-state index contributed by atoms with van der Waals surface area (Å²) in [7, 11) is 0.0771. The lowest BCUT2D eigenvalue weighted by molar-refractivity contribution is -0.241. The molecule has 1 aromatic carbocycles. The molecule has 5 heteroatoms. The van der Waals surface area contributed by atoms with E-state index in [9.17, 15) is 14.7 Å². The lowest BCUT2D eigenvalue weighted by atomic mass is 9.31. The third-order valence-electron chi connectivity index (χ3n) is 15.3. The average molecular weight is 595 g/mol. The monoisotopic (exact) mass is 594 g/mol. The van der Waals surface area contributed by atoms with Crippen molar-refractivity contribution >= 4 is 26.6 Å². The van der Waals surface area contributed by atoms with Crippen LogP contribution in [-0.2, 0) is 14.1 Å². The highest BCUT2D eigenvalue weighted by molar-refractivity contribution is 7.42. The molecule has 6 rings (SSSR count). The molecule has 0 amide bonds. The molecule has 0 aliphatic heterocycles. The molecule has 232 valence electrons. The minimum absolute atomic E-state index is 0.0771. The fourth-order valence-electron chi connectivity index (χ4n) is 13.2. The first-order valence-electron chi connectivity index (χ1n) is 16.9. The number of hydrogen-bond donors (Lipinski definition) is 1. The van der Waals surface area contributed by atoms with Crippen molar-refractivity contribution in [1.29, 1.82) is 0 Å². The summed E-state index contributed by atoms with van der Waals surface area (Å²) >= 11 is 0. The Morgan fingerprint density at radius 2 is 1.60 bits per heavy atom. The topological polar surface area (TPSA) is 63.6 Å². The molecular weight excluding hydrogens is 539 g/mol. The van der Waals surface area contributed by atoms with E-state index in [0.29, 0.717) is 53.3 Å². The second-order valence-electron chi connectivity index (χ2n) is 17.0. The molecule has 0 saturated heterocycles. The van der Waals surface area contributed by atoms with Crippen LogP contribution in [0.4, 0.5) is 0 Å². The smallest absolute Gasteiger partial charge is 0.309 e. The molecule has 0 aromatic heterocycles. The molecule has 4 nitrogen and oxygen atoms in total. The second kappa shape index (κ2) is 10.3. The highest BCUT2D eigenvalue weighted by Crippen LogP contribution is 2.78. The highest BCUT2D eigenvalue weighted by Gasteiger charge is 2.72. The molecule has 5 saturated carbocycles. The van der Waals surface area contributed by atoms with Gasteiger partial charge in [0.05, 0.1) is 5.41 Å². The minimum Gasteiger partial charge on any atom is -0.481 e. The molecule has 1 N–H and O–H groups in total. The van der Waals surface area contributed by atoms with Crippen molar-refractivity contribution in [3.8, 4) is 0 Å². The van der Waals surface area contributed by atoms with E-state index < -0.39 is 11.4 Å². The Balaban J connectivity index is 1.30. The van der Waals surface area contributed by atoms with Crippen molar-refractivity contribution in [1.82, 2.24) is 0 Å². The van der Waals surface area contributed by atoms with Crippen LogP contribution in [0, 0.1) is 62.6 Å². The molecule has 0 spiro atoms. The van der Waals surface area contributed by atoms with Crippen LogP contribution in [0.25, 0.3) is 0 Å². The number of aliphatic carboxylic acids is 1. The molecule has 5 aliphatic carbocycles. The van der Waals surface area contributed by atoms with E-state index >= 15 is 0 Å². The van der Waals surface area contributed by atoms with E-state index in [1.807, 2.05) is 0 Å². The molecule has 1 unspecified atom stereocenters. The molecule has 1 aromatic rings. The van der Waals surface area contributed by atoms with Gasteiger partial charge in [-0.15, -0.1) is 0 Å². The molecule has 42 heavy (non-hydrogen) atoms. The van der Waals surface area contributed by atoms with E-state index in [0.717, 1.165) is 31.0 Å². The van der Waals surface area contributed by atoms with Gasteiger partial charge in [0.25, 0.3) is 6.47 Å². The van der Waals surface area contributed by atoms with Gasteiger partial charge in [0.15, 0.2) is 0 Å². The third-order valence-corrected chi connectivity index (χ3v) is 16.1. The van der Waals surface area contributed by atoms with Gasteiger partial charge in [0.1, 0.15) is 8.81 Å². The maximum absolute atomic E-state index is 13.0. The van der Waals surface area contributed by atoms with Crippen LogP contribution in [0.1, 0.15) is 124 Å². The lowest BCUT2D eigenvalue weighted by Crippen LogP contribution is -2.66. The zero-order chi connectivity index (χ0) is 30.3. The highest BCUT2D eigenvalue weighted by atomic mass is 31.1. The quantitative estimate of drug-likeness (QED) is 0.264. The minimum atomic E-state index is -0.495. The lowest BCUT2D eigenvalue weighted by Gasteiger charge is -2.73. The normalized spacial score (nSPS) is 46.0. The number of benzene rings is 1. The summed E-state index contributed by atoms with van der Waals surface area (Å²) in [5, 5.41) is 11.7. The molecule has 0 radical (unpaired) electrons. The Bertz CT molecular complexity index is 1210. The predicted octanol–water partition coefficient (Wildman–Crippen LogP) is 8.98. The number of carbonyl (C=O) groups excluding carboxylic acids is 1. The summed E-state index contributed by atoms with van der Waals surface area (Å²) in [6, 6.07) is 8.87. The predicted molar refractivity (Wildman–Crippen MR) is 171 cm³/mol. The van der Waals surface area contributed by atoms with Gasteiger partial charge in [0, 0.05) is 5.30 Å².